The van der Waals surface area contributed by atoms with Gasteiger partial charge >= 0.3 is 6.03 Å². The fraction of sp³-hybridized carbons (Fsp3) is 0.429. The van der Waals surface area contributed by atoms with Crippen molar-refractivity contribution in [3.05, 3.63) is 35.9 Å². The molecule has 2 N–H and O–H groups in total. The van der Waals surface area contributed by atoms with Gasteiger partial charge in [0.25, 0.3) is 0 Å². The maximum Gasteiger partial charge on any atom is 0.321 e. The molecule has 0 spiro atoms. The van der Waals surface area contributed by atoms with Crippen molar-refractivity contribution in [3.8, 4) is 0 Å². The zero-order valence-corrected chi connectivity index (χ0v) is 11.3. The van der Waals surface area contributed by atoms with Crippen LogP contribution >= 0.6 is 0 Å². The van der Waals surface area contributed by atoms with Crippen LogP contribution in [0, 0.1) is 0 Å². The second-order valence-corrected chi connectivity index (χ2v) is 4.60. The van der Waals surface area contributed by atoms with E-state index in [2.05, 4.69) is 10.6 Å². The Labute approximate surface area is 118 Å². The van der Waals surface area contributed by atoms with Gasteiger partial charge in [-0.1, -0.05) is 30.3 Å². The number of benzene rings is 1. The SMILES string of the molecule is O=C(CN1CCOCC1)NC(=O)NCc1ccccc1. The number of amides is 3. The van der Waals surface area contributed by atoms with Crippen LogP contribution in [-0.2, 0) is 16.1 Å². The van der Waals surface area contributed by atoms with Crippen molar-refractivity contribution in [3.63, 3.8) is 0 Å². The lowest BCUT2D eigenvalue weighted by Gasteiger charge is -2.25. The van der Waals surface area contributed by atoms with Gasteiger partial charge in [0.05, 0.1) is 19.8 Å². The van der Waals surface area contributed by atoms with E-state index in [0.717, 1.165) is 18.7 Å². The molecule has 0 radical (unpaired) electrons. The zero-order valence-electron chi connectivity index (χ0n) is 11.3. The standard InChI is InChI=1S/C14H19N3O3/c18-13(11-17-6-8-20-9-7-17)16-14(19)15-10-12-4-2-1-3-5-12/h1-5H,6-11H2,(H2,15,16,18,19). The van der Waals surface area contributed by atoms with Gasteiger partial charge in [0.2, 0.25) is 5.91 Å². The van der Waals surface area contributed by atoms with Crippen LogP contribution < -0.4 is 10.6 Å². The van der Waals surface area contributed by atoms with Gasteiger partial charge in [-0.15, -0.1) is 0 Å². The van der Waals surface area contributed by atoms with Crippen LogP contribution in [0.2, 0.25) is 0 Å². The summed E-state index contributed by atoms with van der Waals surface area (Å²) in [5.41, 5.74) is 0.989. The fourth-order valence-electron chi connectivity index (χ4n) is 1.95. The predicted octanol–water partition coefficient (Wildman–Crippen LogP) is 0.345. The number of carbonyl (C=O) groups excluding carboxylic acids is 2. The summed E-state index contributed by atoms with van der Waals surface area (Å²) < 4.78 is 5.20. The van der Waals surface area contributed by atoms with E-state index in [0.29, 0.717) is 19.8 Å². The lowest BCUT2D eigenvalue weighted by Crippen LogP contribution is -2.47. The summed E-state index contributed by atoms with van der Waals surface area (Å²) in [4.78, 5) is 25.2. The summed E-state index contributed by atoms with van der Waals surface area (Å²) >= 11 is 0. The molecule has 0 bridgehead atoms. The number of hydrogen-bond donors (Lipinski definition) is 2. The Hall–Kier alpha value is -1.92. The quantitative estimate of drug-likeness (QED) is 0.833. The molecule has 0 saturated carbocycles. The third-order valence-corrected chi connectivity index (χ3v) is 3.02. The Bertz CT molecular complexity index is 444. The topological polar surface area (TPSA) is 70.7 Å². The first-order valence-electron chi connectivity index (χ1n) is 6.66. The van der Waals surface area contributed by atoms with E-state index in [1.165, 1.54) is 0 Å². The summed E-state index contributed by atoms with van der Waals surface area (Å²) in [6, 6.07) is 9.07. The van der Waals surface area contributed by atoms with E-state index < -0.39 is 6.03 Å². The first-order chi connectivity index (χ1) is 9.74. The number of rotatable bonds is 4. The van der Waals surface area contributed by atoms with Gasteiger partial charge in [-0.2, -0.15) is 0 Å². The molecule has 20 heavy (non-hydrogen) atoms. The summed E-state index contributed by atoms with van der Waals surface area (Å²) in [5, 5.41) is 4.98. The Kier molecular flexibility index (Phi) is 5.52. The molecule has 3 amide bonds. The number of imide groups is 1. The second kappa shape index (κ2) is 7.62. The summed E-state index contributed by atoms with van der Waals surface area (Å²) in [7, 11) is 0. The summed E-state index contributed by atoms with van der Waals surface area (Å²) in [5.74, 6) is -0.294. The third kappa shape index (κ3) is 4.99. The van der Waals surface area contributed by atoms with Crippen LogP contribution in [0.5, 0.6) is 0 Å². The van der Waals surface area contributed by atoms with Gasteiger partial charge in [-0.25, -0.2) is 4.79 Å². The molecule has 0 aromatic heterocycles. The van der Waals surface area contributed by atoms with Crippen molar-refractivity contribution in [1.29, 1.82) is 0 Å². The van der Waals surface area contributed by atoms with Gasteiger partial charge in [0, 0.05) is 19.6 Å². The van der Waals surface area contributed by atoms with Crippen molar-refractivity contribution in [2.24, 2.45) is 0 Å². The van der Waals surface area contributed by atoms with Crippen molar-refractivity contribution in [1.82, 2.24) is 15.5 Å². The Balaban J connectivity index is 1.67. The molecule has 1 heterocycles. The van der Waals surface area contributed by atoms with Gasteiger partial charge in [0.15, 0.2) is 0 Å². The Morgan fingerprint density at radius 1 is 1.15 bits per heavy atom. The van der Waals surface area contributed by atoms with Crippen LogP contribution in [0.3, 0.4) is 0 Å². The van der Waals surface area contributed by atoms with Crippen molar-refractivity contribution in [2.45, 2.75) is 6.54 Å². The molecule has 1 saturated heterocycles. The Morgan fingerprint density at radius 3 is 2.55 bits per heavy atom. The lowest BCUT2D eigenvalue weighted by atomic mass is 10.2. The van der Waals surface area contributed by atoms with Crippen molar-refractivity contribution < 1.29 is 14.3 Å². The van der Waals surface area contributed by atoms with E-state index in [4.69, 9.17) is 4.74 Å². The average Bonchev–Trinajstić information content (AvgIpc) is 2.47. The van der Waals surface area contributed by atoms with E-state index >= 15 is 0 Å². The molecule has 1 aromatic rings. The predicted molar refractivity (Wildman–Crippen MR) is 74.1 cm³/mol. The minimum absolute atomic E-state index is 0.224. The number of morpholine rings is 1. The van der Waals surface area contributed by atoms with Gasteiger partial charge in [-0.05, 0) is 5.56 Å². The number of urea groups is 1. The maximum absolute atomic E-state index is 11.7. The molecule has 1 fully saturated rings. The number of nitrogens with one attached hydrogen (secondary N) is 2. The highest BCUT2D eigenvalue weighted by atomic mass is 16.5. The molecular weight excluding hydrogens is 258 g/mol. The molecule has 6 nitrogen and oxygen atoms in total. The van der Waals surface area contributed by atoms with Crippen LogP contribution in [-0.4, -0.2) is 49.7 Å². The lowest BCUT2D eigenvalue weighted by molar-refractivity contribution is -0.122. The fourth-order valence-corrected chi connectivity index (χ4v) is 1.95. The summed E-state index contributed by atoms with van der Waals surface area (Å²) in [6.07, 6.45) is 0. The highest BCUT2D eigenvalue weighted by molar-refractivity contribution is 5.95. The van der Waals surface area contributed by atoms with Gasteiger partial charge < -0.3 is 10.1 Å². The molecule has 0 unspecified atom stereocenters. The molecular formula is C14H19N3O3. The van der Waals surface area contributed by atoms with E-state index in [1.807, 2.05) is 35.2 Å². The number of hydrogen-bond acceptors (Lipinski definition) is 4. The first-order valence-corrected chi connectivity index (χ1v) is 6.66. The van der Waals surface area contributed by atoms with E-state index in [1.54, 1.807) is 0 Å². The molecule has 1 aliphatic heterocycles. The van der Waals surface area contributed by atoms with Crippen LogP contribution in [0.25, 0.3) is 0 Å². The molecule has 0 aliphatic carbocycles. The molecule has 1 aliphatic rings. The zero-order chi connectivity index (χ0) is 14.2. The van der Waals surface area contributed by atoms with Crippen LogP contribution in [0.15, 0.2) is 30.3 Å². The summed E-state index contributed by atoms with van der Waals surface area (Å²) in [6.45, 7) is 3.33. The number of carbonyl (C=O) groups is 2. The average molecular weight is 277 g/mol. The smallest absolute Gasteiger partial charge is 0.321 e. The van der Waals surface area contributed by atoms with Gasteiger partial charge in [-0.3, -0.25) is 15.0 Å². The normalized spacial score (nSPS) is 15.6. The molecule has 1 aromatic carbocycles. The molecule has 6 heteroatoms. The number of nitrogens with zero attached hydrogens (tertiary/aromatic N) is 1. The largest absolute Gasteiger partial charge is 0.379 e. The third-order valence-electron chi connectivity index (χ3n) is 3.02. The highest BCUT2D eigenvalue weighted by Gasteiger charge is 2.15. The van der Waals surface area contributed by atoms with Crippen LogP contribution in [0.4, 0.5) is 4.79 Å². The highest BCUT2D eigenvalue weighted by Crippen LogP contribution is 1.97. The minimum Gasteiger partial charge on any atom is -0.379 e. The monoisotopic (exact) mass is 277 g/mol. The van der Waals surface area contributed by atoms with E-state index in [9.17, 15) is 9.59 Å². The van der Waals surface area contributed by atoms with Crippen molar-refractivity contribution in [2.75, 3.05) is 32.8 Å². The number of ether oxygens (including phenoxy) is 1. The van der Waals surface area contributed by atoms with Gasteiger partial charge in [0.1, 0.15) is 0 Å². The maximum atomic E-state index is 11.7. The van der Waals surface area contributed by atoms with Crippen molar-refractivity contribution >= 4 is 11.9 Å². The molecule has 108 valence electrons. The minimum atomic E-state index is -0.466. The second-order valence-electron chi connectivity index (χ2n) is 4.60. The molecule has 0 atom stereocenters. The van der Waals surface area contributed by atoms with Crippen LogP contribution in [0.1, 0.15) is 5.56 Å². The first kappa shape index (κ1) is 14.5. The van der Waals surface area contributed by atoms with E-state index in [-0.39, 0.29) is 12.5 Å². The molecule has 2 rings (SSSR count). The Morgan fingerprint density at radius 2 is 1.85 bits per heavy atom.